The number of hydrogen-bond acceptors (Lipinski definition) is 4. The van der Waals surface area contributed by atoms with E-state index in [4.69, 9.17) is 21.1 Å². The minimum absolute atomic E-state index is 0.168. The number of carbonyl (C=O) groups excluding carboxylic acids is 2. The zero-order valence-corrected chi connectivity index (χ0v) is 16.7. The van der Waals surface area contributed by atoms with Crippen molar-refractivity contribution in [2.24, 2.45) is 5.92 Å². The predicted molar refractivity (Wildman–Crippen MR) is 108 cm³/mol. The fourth-order valence-corrected chi connectivity index (χ4v) is 3.33. The van der Waals surface area contributed by atoms with Gasteiger partial charge in [0.15, 0.2) is 6.10 Å². The molecule has 1 heterocycles. The molecule has 0 aromatic heterocycles. The Balaban J connectivity index is 1.49. The van der Waals surface area contributed by atoms with Crippen LogP contribution in [0.25, 0.3) is 0 Å². The van der Waals surface area contributed by atoms with E-state index in [2.05, 4.69) is 5.32 Å². The van der Waals surface area contributed by atoms with Crippen molar-refractivity contribution in [3.05, 3.63) is 64.7 Å². The van der Waals surface area contributed by atoms with Crippen LogP contribution in [0.5, 0.6) is 5.75 Å². The number of carbonyl (C=O) groups is 2. The smallest absolute Gasteiger partial charge is 0.313 e. The number of amides is 1. The van der Waals surface area contributed by atoms with E-state index in [9.17, 15) is 9.59 Å². The van der Waals surface area contributed by atoms with Gasteiger partial charge in [0.1, 0.15) is 12.4 Å². The molecule has 1 aliphatic heterocycles. The summed E-state index contributed by atoms with van der Waals surface area (Å²) >= 11 is 6.01. The van der Waals surface area contributed by atoms with Gasteiger partial charge in [0.2, 0.25) is 0 Å². The lowest BCUT2D eigenvalue weighted by Crippen LogP contribution is -2.40. The summed E-state index contributed by atoms with van der Waals surface area (Å²) in [6.45, 7) is 4.32. The van der Waals surface area contributed by atoms with Gasteiger partial charge in [-0.1, -0.05) is 48.9 Å². The standard InChI is InChI=1S/C22H24ClNO4/c1-14(16-6-4-3-5-7-16)12-24-21(25)15(2)28-22(26)18-10-17-11-19(23)8-9-20(17)27-13-18/h3-9,11,14-15,18H,10,12-13H2,1-2H3,(H,24,25)/t14-,15-,18+/m0/s1. The maximum absolute atomic E-state index is 12.5. The average Bonchev–Trinajstić information content (AvgIpc) is 2.71. The van der Waals surface area contributed by atoms with Gasteiger partial charge in [-0.3, -0.25) is 9.59 Å². The Kier molecular flexibility index (Phi) is 6.57. The molecule has 1 N–H and O–H groups in total. The van der Waals surface area contributed by atoms with Gasteiger partial charge in [-0.25, -0.2) is 0 Å². The summed E-state index contributed by atoms with van der Waals surface area (Å²) in [6, 6.07) is 15.3. The van der Waals surface area contributed by atoms with E-state index >= 15 is 0 Å². The molecule has 0 aliphatic carbocycles. The SMILES string of the molecule is C[C@H](OC(=O)[C@H]1COc2ccc(Cl)cc2C1)C(=O)NC[C@H](C)c1ccccc1. The highest BCUT2D eigenvalue weighted by Crippen LogP contribution is 2.30. The zero-order valence-electron chi connectivity index (χ0n) is 16.0. The lowest BCUT2D eigenvalue weighted by molar-refractivity contribution is -0.160. The van der Waals surface area contributed by atoms with Gasteiger partial charge in [-0.05, 0) is 48.6 Å². The van der Waals surface area contributed by atoms with E-state index in [1.807, 2.05) is 37.3 Å². The molecule has 5 nitrogen and oxygen atoms in total. The average molecular weight is 402 g/mol. The Bertz CT molecular complexity index is 840. The number of rotatable bonds is 6. The molecule has 0 saturated carbocycles. The van der Waals surface area contributed by atoms with Crippen LogP contribution >= 0.6 is 11.6 Å². The highest BCUT2D eigenvalue weighted by Gasteiger charge is 2.30. The van der Waals surface area contributed by atoms with Crippen molar-refractivity contribution in [2.75, 3.05) is 13.2 Å². The number of nitrogens with one attached hydrogen (secondary N) is 1. The molecule has 3 atom stereocenters. The first-order chi connectivity index (χ1) is 13.4. The number of ether oxygens (including phenoxy) is 2. The quantitative estimate of drug-likeness (QED) is 0.749. The number of benzene rings is 2. The Morgan fingerprint density at radius 2 is 1.96 bits per heavy atom. The molecule has 3 rings (SSSR count). The minimum Gasteiger partial charge on any atom is -0.492 e. The molecule has 0 fully saturated rings. The van der Waals surface area contributed by atoms with Crippen LogP contribution in [0.3, 0.4) is 0 Å². The molecule has 0 saturated heterocycles. The third-order valence-corrected chi connectivity index (χ3v) is 5.11. The maximum atomic E-state index is 12.5. The van der Waals surface area contributed by atoms with Crippen LogP contribution in [0, 0.1) is 5.92 Å². The van der Waals surface area contributed by atoms with E-state index in [0.717, 1.165) is 16.9 Å². The molecule has 0 spiro atoms. The molecule has 2 aromatic rings. The topological polar surface area (TPSA) is 64.6 Å². The summed E-state index contributed by atoms with van der Waals surface area (Å²) < 4.78 is 11.0. The first kappa shape index (κ1) is 20.2. The van der Waals surface area contributed by atoms with Crippen molar-refractivity contribution in [3.63, 3.8) is 0 Å². The Morgan fingerprint density at radius 1 is 1.21 bits per heavy atom. The number of hydrogen-bond donors (Lipinski definition) is 1. The molecular formula is C22H24ClNO4. The molecule has 28 heavy (non-hydrogen) atoms. The zero-order chi connectivity index (χ0) is 20.1. The van der Waals surface area contributed by atoms with Crippen molar-refractivity contribution in [3.8, 4) is 5.75 Å². The van der Waals surface area contributed by atoms with E-state index in [1.165, 1.54) is 0 Å². The lowest BCUT2D eigenvalue weighted by Gasteiger charge is -2.25. The third kappa shape index (κ3) is 5.04. The predicted octanol–water partition coefficient (Wildman–Crippen LogP) is 3.74. The van der Waals surface area contributed by atoms with E-state index in [0.29, 0.717) is 18.0 Å². The molecular weight excluding hydrogens is 378 g/mol. The Labute approximate surface area is 170 Å². The van der Waals surface area contributed by atoms with Crippen LogP contribution in [0.1, 0.15) is 30.9 Å². The molecule has 148 valence electrons. The fourth-order valence-electron chi connectivity index (χ4n) is 3.14. The highest BCUT2D eigenvalue weighted by molar-refractivity contribution is 6.30. The summed E-state index contributed by atoms with van der Waals surface area (Å²) in [5.41, 5.74) is 2.01. The first-order valence-corrected chi connectivity index (χ1v) is 9.76. The molecule has 0 unspecified atom stereocenters. The van der Waals surface area contributed by atoms with Gasteiger partial charge in [-0.15, -0.1) is 0 Å². The molecule has 6 heteroatoms. The maximum Gasteiger partial charge on any atom is 0.313 e. The van der Waals surface area contributed by atoms with Crippen molar-refractivity contribution in [1.29, 1.82) is 0 Å². The second-order valence-electron chi connectivity index (χ2n) is 7.10. The van der Waals surface area contributed by atoms with E-state index < -0.39 is 18.0 Å². The van der Waals surface area contributed by atoms with Crippen LogP contribution < -0.4 is 10.1 Å². The van der Waals surface area contributed by atoms with Crippen LogP contribution in [0.15, 0.2) is 48.5 Å². The summed E-state index contributed by atoms with van der Waals surface area (Å²) in [5, 5.41) is 3.44. The van der Waals surface area contributed by atoms with Gasteiger partial charge >= 0.3 is 5.97 Å². The van der Waals surface area contributed by atoms with Gasteiger partial charge in [-0.2, -0.15) is 0 Å². The summed E-state index contributed by atoms with van der Waals surface area (Å²) in [5.74, 6) is -0.305. The van der Waals surface area contributed by atoms with Gasteiger partial charge in [0.25, 0.3) is 5.91 Å². The Morgan fingerprint density at radius 3 is 2.71 bits per heavy atom. The monoisotopic (exact) mass is 401 g/mol. The van der Waals surface area contributed by atoms with Gasteiger partial charge in [0.05, 0.1) is 5.92 Å². The van der Waals surface area contributed by atoms with Crippen molar-refractivity contribution >= 4 is 23.5 Å². The Hall–Kier alpha value is -2.53. The third-order valence-electron chi connectivity index (χ3n) is 4.88. The van der Waals surface area contributed by atoms with E-state index in [-0.39, 0.29) is 18.4 Å². The van der Waals surface area contributed by atoms with Gasteiger partial charge < -0.3 is 14.8 Å². The highest BCUT2D eigenvalue weighted by atomic mass is 35.5. The summed E-state index contributed by atoms with van der Waals surface area (Å²) in [6.07, 6.45) is -0.384. The largest absolute Gasteiger partial charge is 0.492 e. The van der Waals surface area contributed by atoms with Gasteiger partial charge in [0, 0.05) is 11.6 Å². The molecule has 0 bridgehead atoms. The molecule has 2 aromatic carbocycles. The van der Waals surface area contributed by atoms with Crippen LogP contribution in [-0.4, -0.2) is 31.1 Å². The van der Waals surface area contributed by atoms with E-state index in [1.54, 1.807) is 25.1 Å². The van der Waals surface area contributed by atoms with Crippen molar-refractivity contribution in [2.45, 2.75) is 32.3 Å². The summed E-state index contributed by atoms with van der Waals surface area (Å²) in [7, 11) is 0. The van der Waals surface area contributed by atoms with Crippen LogP contribution in [-0.2, 0) is 20.7 Å². The molecule has 1 amide bonds. The summed E-state index contributed by atoms with van der Waals surface area (Å²) in [4.78, 5) is 24.8. The molecule has 1 aliphatic rings. The lowest BCUT2D eigenvalue weighted by atomic mass is 9.97. The number of esters is 1. The van der Waals surface area contributed by atoms with Crippen LogP contribution in [0.4, 0.5) is 0 Å². The minimum atomic E-state index is -0.865. The van der Waals surface area contributed by atoms with Crippen molar-refractivity contribution < 1.29 is 19.1 Å². The van der Waals surface area contributed by atoms with Crippen LogP contribution in [0.2, 0.25) is 5.02 Å². The fraction of sp³-hybridized carbons (Fsp3) is 0.364. The van der Waals surface area contributed by atoms with Crippen molar-refractivity contribution in [1.82, 2.24) is 5.32 Å². The first-order valence-electron chi connectivity index (χ1n) is 9.38. The number of halogens is 1. The second kappa shape index (κ2) is 9.11. The normalized spacial score (nSPS) is 17.6. The number of fused-ring (bicyclic) bond motifs is 1. The molecule has 0 radical (unpaired) electrons. The second-order valence-corrected chi connectivity index (χ2v) is 7.54.